The van der Waals surface area contributed by atoms with Gasteiger partial charge in [0.15, 0.2) is 0 Å². The van der Waals surface area contributed by atoms with Gasteiger partial charge in [0, 0.05) is 19.0 Å². The molecule has 1 saturated carbocycles. The monoisotopic (exact) mass is 527 g/mol. The molecule has 0 heterocycles. The summed E-state index contributed by atoms with van der Waals surface area (Å²) in [5.41, 5.74) is 0. The van der Waals surface area contributed by atoms with Crippen LogP contribution in [0.2, 0.25) is 0 Å². The topological polar surface area (TPSA) is 113 Å². The Hall–Kier alpha value is -1.67. The second kappa shape index (κ2) is 21.3. The summed E-state index contributed by atoms with van der Waals surface area (Å²) < 4.78 is 10.9. The lowest BCUT2D eigenvalue weighted by Crippen LogP contribution is -2.50. The van der Waals surface area contributed by atoms with E-state index in [1.807, 2.05) is 4.90 Å². The van der Waals surface area contributed by atoms with Crippen molar-refractivity contribution in [2.24, 2.45) is 11.8 Å². The van der Waals surface area contributed by atoms with E-state index >= 15 is 0 Å². The molecule has 0 saturated heterocycles. The number of hydrogen-bond acceptors (Lipinski definition) is 7. The molecule has 2 N–H and O–H groups in total. The average molecular weight is 528 g/mol. The minimum atomic E-state index is -0.853. The van der Waals surface area contributed by atoms with Crippen molar-refractivity contribution in [3.05, 3.63) is 0 Å². The number of aliphatic carboxylic acids is 1. The number of unbranched alkanes of at least 4 members (excludes halogenated alkanes) is 9. The van der Waals surface area contributed by atoms with Crippen LogP contribution in [0.3, 0.4) is 0 Å². The van der Waals surface area contributed by atoms with Gasteiger partial charge >= 0.3 is 17.9 Å². The van der Waals surface area contributed by atoms with Gasteiger partial charge in [-0.3, -0.25) is 19.3 Å². The van der Waals surface area contributed by atoms with Crippen molar-refractivity contribution in [3.63, 3.8) is 0 Å². The van der Waals surface area contributed by atoms with Crippen molar-refractivity contribution in [1.29, 1.82) is 0 Å². The predicted octanol–water partition coefficient (Wildman–Crippen LogP) is 5.35. The summed E-state index contributed by atoms with van der Waals surface area (Å²) in [4.78, 5) is 38.7. The van der Waals surface area contributed by atoms with E-state index in [-0.39, 0.29) is 31.0 Å². The lowest BCUT2D eigenvalue weighted by Gasteiger charge is -2.40. The number of rotatable bonds is 22. The maximum atomic E-state index is 12.9. The van der Waals surface area contributed by atoms with E-state index in [1.165, 1.54) is 38.5 Å². The molecule has 216 valence electrons. The maximum absolute atomic E-state index is 12.9. The highest BCUT2D eigenvalue weighted by Crippen LogP contribution is 2.34. The molecule has 37 heavy (non-hydrogen) atoms. The van der Waals surface area contributed by atoms with Crippen LogP contribution in [0, 0.1) is 11.8 Å². The molecule has 1 aliphatic carbocycles. The van der Waals surface area contributed by atoms with Crippen LogP contribution in [0.1, 0.15) is 117 Å². The highest BCUT2D eigenvalue weighted by molar-refractivity contribution is 5.75. The van der Waals surface area contributed by atoms with E-state index in [0.717, 1.165) is 32.1 Å². The van der Waals surface area contributed by atoms with E-state index in [1.54, 1.807) is 0 Å². The van der Waals surface area contributed by atoms with Crippen LogP contribution in [0.15, 0.2) is 0 Å². The van der Waals surface area contributed by atoms with Crippen LogP contribution in [-0.4, -0.2) is 72.0 Å². The average Bonchev–Trinajstić information content (AvgIpc) is 2.89. The van der Waals surface area contributed by atoms with Gasteiger partial charge in [-0.2, -0.15) is 0 Å². The molecule has 1 aliphatic rings. The Morgan fingerprint density at radius 3 is 2.03 bits per heavy atom. The van der Waals surface area contributed by atoms with Crippen molar-refractivity contribution in [3.8, 4) is 0 Å². The van der Waals surface area contributed by atoms with E-state index < -0.39 is 17.8 Å². The SMILES string of the molecule is CCCCCCCCCCOC(=O)CCCN(CCO)C1CC(C(=O)O)CCC1C(=O)OCCCCC. The summed E-state index contributed by atoms with van der Waals surface area (Å²) in [6, 6.07) is -0.325. The predicted molar refractivity (Wildman–Crippen MR) is 144 cm³/mol. The highest BCUT2D eigenvalue weighted by Gasteiger charge is 2.41. The van der Waals surface area contributed by atoms with Crippen LogP contribution in [0.4, 0.5) is 0 Å². The van der Waals surface area contributed by atoms with Crippen molar-refractivity contribution >= 4 is 17.9 Å². The van der Waals surface area contributed by atoms with Gasteiger partial charge in [-0.1, -0.05) is 71.6 Å². The summed E-state index contributed by atoms with van der Waals surface area (Å²) in [7, 11) is 0. The standard InChI is InChI=1S/C29H53NO7/c1-3-5-7-8-9-10-11-13-21-36-27(32)15-14-18-30(19-20-31)26-23-24(28(33)34)16-17-25(26)29(35)37-22-12-6-4-2/h24-26,31H,3-23H2,1-2H3,(H,33,34). The van der Waals surface area contributed by atoms with E-state index in [4.69, 9.17) is 9.47 Å². The molecule has 1 rings (SSSR count). The van der Waals surface area contributed by atoms with Gasteiger partial charge < -0.3 is 19.7 Å². The summed E-state index contributed by atoms with van der Waals surface area (Å²) in [6.45, 7) is 5.84. The fourth-order valence-electron chi connectivity index (χ4n) is 5.17. The molecule has 0 aromatic carbocycles. The van der Waals surface area contributed by atoms with Gasteiger partial charge in [-0.05, 0) is 45.1 Å². The van der Waals surface area contributed by atoms with Crippen LogP contribution in [0.5, 0.6) is 0 Å². The number of ether oxygens (including phenoxy) is 2. The Morgan fingerprint density at radius 2 is 1.38 bits per heavy atom. The first-order valence-corrected chi connectivity index (χ1v) is 14.8. The summed E-state index contributed by atoms with van der Waals surface area (Å²) >= 11 is 0. The number of hydrogen-bond donors (Lipinski definition) is 2. The summed E-state index contributed by atoms with van der Waals surface area (Å²) in [5.74, 6) is -2.30. The van der Waals surface area contributed by atoms with Crippen LogP contribution in [0.25, 0.3) is 0 Å². The number of esters is 2. The van der Waals surface area contributed by atoms with Crippen LogP contribution in [-0.2, 0) is 23.9 Å². The third kappa shape index (κ3) is 14.7. The van der Waals surface area contributed by atoms with Crippen molar-refractivity contribution in [2.45, 2.75) is 123 Å². The van der Waals surface area contributed by atoms with Crippen LogP contribution >= 0.6 is 0 Å². The van der Waals surface area contributed by atoms with Crippen LogP contribution < -0.4 is 0 Å². The van der Waals surface area contributed by atoms with Gasteiger partial charge in [-0.15, -0.1) is 0 Å². The molecule has 1 fully saturated rings. The van der Waals surface area contributed by atoms with E-state index in [0.29, 0.717) is 52.0 Å². The first-order valence-electron chi connectivity index (χ1n) is 14.8. The van der Waals surface area contributed by atoms with Gasteiger partial charge in [0.2, 0.25) is 0 Å². The zero-order valence-electron chi connectivity index (χ0n) is 23.5. The summed E-state index contributed by atoms with van der Waals surface area (Å²) in [5, 5.41) is 19.2. The van der Waals surface area contributed by atoms with E-state index in [9.17, 15) is 24.6 Å². The molecule has 0 aromatic heterocycles. The number of aliphatic hydroxyl groups excluding tert-OH is 1. The lowest BCUT2D eigenvalue weighted by molar-refractivity contribution is -0.157. The highest BCUT2D eigenvalue weighted by atomic mass is 16.5. The number of aliphatic hydroxyl groups is 1. The summed E-state index contributed by atoms with van der Waals surface area (Å²) in [6.07, 6.45) is 14.4. The third-order valence-corrected chi connectivity index (χ3v) is 7.40. The largest absolute Gasteiger partial charge is 0.481 e. The van der Waals surface area contributed by atoms with Gasteiger partial charge in [0.25, 0.3) is 0 Å². The molecule has 0 amide bonds. The Labute approximate surface area is 224 Å². The zero-order valence-corrected chi connectivity index (χ0v) is 23.5. The molecular formula is C29H53NO7. The number of nitrogens with zero attached hydrogens (tertiary/aromatic N) is 1. The van der Waals surface area contributed by atoms with E-state index in [2.05, 4.69) is 13.8 Å². The molecule has 0 spiro atoms. The normalized spacial score (nSPS) is 19.6. The number of carboxylic acid groups (broad SMARTS) is 1. The smallest absolute Gasteiger partial charge is 0.310 e. The third-order valence-electron chi connectivity index (χ3n) is 7.40. The number of carboxylic acids is 1. The second-order valence-electron chi connectivity index (χ2n) is 10.5. The van der Waals surface area contributed by atoms with Crippen molar-refractivity contribution in [1.82, 2.24) is 4.90 Å². The molecule has 0 aromatic rings. The Morgan fingerprint density at radius 1 is 0.784 bits per heavy atom. The Kier molecular flexibility index (Phi) is 19.2. The molecule has 0 bridgehead atoms. The Balaban J connectivity index is 2.49. The molecule has 8 nitrogen and oxygen atoms in total. The minimum absolute atomic E-state index is 0.102. The Bertz CT molecular complexity index is 627. The fraction of sp³-hybridized carbons (Fsp3) is 0.897. The lowest BCUT2D eigenvalue weighted by atomic mass is 9.77. The number of carbonyl (C=O) groups excluding carboxylic acids is 2. The van der Waals surface area contributed by atoms with Gasteiger partial charge in [0.05, 0.1) is 31.7 Å². The van der Waals surface area contributed by atoms with Crippen molar-refractivity contribution < 1.29 is 34.1 Å². The molecular weight excluding hydrogens is 474 g/mol. The minimum Gasteiger partial charge on any atom is -0.481 e. The van der Waals surface area contributed by atoms with Crippen molar-refractivity contribution in [2.75, 3.05) is 32.9 Å². The maximum Gasteiger partial charge on any atom is 0.310 e. The molecule has 3 unspecified atom stereocenters. The zero-order chi connectivity index (χ0) is 27.3. The first-order chi connectivity index (χ1) is 17.9. The van der Waals surface area contributed by atoms with Gasteiger partial charge in [0.1, 0.15) is 0 Å². The molecule has 8 heteroatoms. The molecule has 3 atom stereocenters. The number of carbonyl (C=O) groups is 3. The quantitative estimate of drug-likeness (QED) is 0.143. The molecule has 0 radical (unpaired) electrons. The van der Waals surface area contributed by atoms with Gasteiger partial charge in [-0.25, -0.2) is 0 Å². The second-order valence-corrected chi connectivity index (χ2v) is 10.5. The fourth-order valence-corrected chi connectivity index (χ4v) is 5.17. The molecule has 0 aliphatic heterocycles. The first kappa shape index (κ1) is 33.4.